The molecule has 0 atom stereocenters. The van der Waals surface area contributed by atoms with Crippen molar-refractivity contribution in [1.29, 1.82) is 0 Å². The number of hydrogen-bond acceptors (Lipinski definition) is 4. The third-order valence-electron chi connectivity index (χ3n) is 3.99. The molecule has 7 heteroatoms. The molecule has 6 nitrogen and oxygen atoms in total. The first-order chi connectivity index (χ1) is 11.0. The van der Waals surface area contributed by atoms with E-state index in [0.29, 0.717) is 12.1 Å². The van der Waals surface area contributed by atoms with E-state index in [0.717, 1.165) is 12.8 Å². The number of carbonyl (C=O) groups excluding carboxylic acids is 1. The molecule has 0 spiro atoms. The van der Waals surface area contributed by atoms with Gasteiger partial charge in [0.1, 0.15) is 0 Å². The van der Waals surface area contributed by atoms with Crippen LogP contribution in [-0.2, 0) is 10.0 Å². The van der Waals surface area contributed by atoms with E-state index in [1.807, 2.05) is 13.8 Å². The maximum Gasteiger partial charge on any atom is 0.251 e. The third-order valence-corrected chi connectivity index (χ3v) is 5.76. The second kappa shape index (κ2) is 7.63. The Hall–Kier alpha value is -1.44. The average molecular weight is 356 g/mol. The van der Waals surface area contributed by atoms with E-state index in [9.17, 15) is 13.2 Å². The fourth-order valence-corrected chi connectivity index (χ4v) is 3.75. The van der Waals surface area contributed by atoms with Gasteiger partial charge in [-0.1, -0.05) is 13.8 Å². The third kappa shape index (κ3) is 5.29. The lowest BCUT2D eigenvalue weighted by atomic mass is 9.92. The molecule has 4 N–H and O–H groups in total. The summed E-state index contributed by atoms with van der Waals surface area (Å²) in [6, 6.07) is 5.90. The maximum atomic E-state index is 12.4. The Labute approximate surface area is 145 Å². The summed E-state index contributed by atoms with van der Waals surface area (Å²) < 4.78 is 27.1. The van der Waals surface area contributed by atoms with E-state index in [4.69, 9.17) is 5.73 Å². The van der Waals surface area contributed by atoms with E-state index in [1.54, 1.807) is 20.8 Å². The van der Waals surface area contributed by atoms with Gasteiger partial charge in [0.25, 0.3) is 5.91 Å². The lowest BCUT2D eigenvalue weighted by molar-refractivity contribution is 0.0895. The van der Waals surface area contributed by atoms with Crippen molar-refractivity contribution < 1.29 is 13.2 Å². The van der Waals surface area contributed by atoms with Crippen LogP contribution in [0.4, 0.5) is 0 Å². The minimum atomic E-state index is -3.61. The average Bonchev–Trinajstić information content (AvgIpc) is 2.50. The van der Waals surface area contributed by atoms with Crippen LogP contribution in [0.15, 0.2) is 29.2 Å². The van der Waals surface area contributed by atoms with Crippen LogP contribution in [-0.4, -0.2) is 31.9 Å². The van der Waals surface area contributed by atoms with Gasteiger partial charge in [0.15, 0.2) is 0 Å². The van der Waals surface area contributed by atoms with Gasteiger partial charge < -0.3 is 11.1 Å². The van der Waals surface area contributed by atoms with Crippen molar-refractivity contribution in [2.24, 2.45) is 5.73 Å². The first-order valence-corrected chi connectivity index (χ1v) is 9.63. The van der Waals surface area contributed by atoms with Crippen LogP contribution in [0, 0.1) is 0 Å². The highest BCUT2D eigenvalue weighted by Crippen LogP contribution is 2.17. The summed E-state index contributed by atoms with van der Waals surface area (Å²) in [4.78, 5) is 12.5. The molecule has 1 amide bonds. The van der Waals surface area contributed by atoms with E-state index in [1.165, 1.54) is 24.3 Å². The molecule has 1 rings (SSSR count). The topological polar surface area (TPSA) is 101 Å². The Morgan fingerprint density at radius 1 is 1.08 bits per heavy atom. The summed E-state index contributed by atoms with van der Waals surface area (Å²) >= 11 is 0. The second-order valence-electron chi connectivity index (χ2n) is 7.03. The monoisotopic (exact) mass is 355 g/mol. The van der Waals surface area contributed by atoms with Crippen molar-refractivity contribution in [3.05, 3.63) is 29.8 Å². The van der Waals surface area contributed by atoms with Crippen molar-refractivity contribution in [2.45, 2.75) is 63.4 Å². The zero-order chi connectivity index (χ0) is 18.6. The van der Waals surface area contributed by atoms with Gasteiger partial charge in [0.2, 0.25) is 10.0 Å². The predicted molar refractivity (Wildman–Crippen MR) is 96.4 cm³/mol. The van der Waals surface area contributed by atoms with E-state index in [2.05, 4.69) is 10.0 Å². The van der Waals surface area contributed by atoms with Gasteiger partial charge in [-0.2, -0.15) is 0 Å². The molecule has 0 radical (unpaired) electrons. The number of amides is 1. The zero-order valence-corrected chi connectivity index (χ0v) is 16.0. The molecule has 1 aromatic carbocycles. The molecule has 0 aromatic heterocycles. The smallest absolute Gasteiger partial charge is 0.251 e. The first kappa shape index (κ1) is 20.6. The minimum Gasteiger partial charge on any atom is -0.345 e. The molecule has 0 bridgehead atoms. The first-order valence-electron chi connectivity index (χ1n) is 8.15. The van der Waals surface area contributed by atoms with Gasteiger partial charge in [-0.25, -0.2) is 13.1 Å². The highest BCUT2D eigenvalue weighted by atomic mass is 32.2. The molecule has 0 aliphatic heterocycles. The Morgan fingerprint density at radius 3 is 1.96 bits per heavy atom. The van der Waals surface area contributed by atoms with Crippen molar-refractivity contribution in [2.75, 3.05) is 6.54 Å². The highest BCUT2D eigenvalue weighted by molar-refractivity contribution is 7.89. The molecule has 0 saturated carbocycles. The number of carbonyl (C=O) groups is 1. The van der Waals surface area contributed by atoms with E-state index >= 15 is 0 Å². The van der Waals surface area contributed by atoms with Crippen LogP contribution < -0.4 is 15.8 Å². The molecule has 0 aliphatic rings. The lowest BCUT2D eigenvalue weighted by Gasteiger charge is -2.31. The van der Waals surface area contributed by atoms with Gasteiger partial charge in [-0.05, 0) is 57.9 Å². The Balaban J connectivity index is 2.97. The Kier molecular flexibility index (Phi) is 6.55. The molecule has 0 heterocycles. The molecule has 24 heavy (non-hydrogen) atoms. The summed E-state index contributed by atoms with van der Waals surface area (Å²) in [5.74, 6) is -0.253. The van der Waals surface area contributed by atoms with Crippen LogP contribution in [0.5, 0.6) is 0 Å². The quantitative estimate of drug-likeness (QED) is 0.696. The highest BCUT2D eigenvalue weighted by Gasteiger charge is 2.27. The molecule has 136 valence electrons. The zero-order valence-electron chi connectivity index (χ0n) is 15.1. The van der Waals surface area contributed by atoms with E-state index in [-0.39, 0.29) is 10.8 Å². The normalized spacial score (nSPS) is 12.9. The molecule has 0 unspecified atom stereocenters. The van der Waals surface area contributed by atoms with Gasteiger partial charge in [-0.15, -0.1) is 0 Å². The summed E-state index contributed by atoms with van der Waals surface area (Å²) in [6.45, 7) is 9.62. The van der Waals surface area contributed by atoms with Crippen LogP contribution in [0.1, 0.15) is 57.8 Å². The summed E-state index contributed by atoms with van der Waals surface area (Å²) in [5, 5.41) is 2.96. The van der Waals surface area contributed by atoms with Crippen LogP contribution in [0.3, 0.4) is 0 Å². The Morgan fingerprint density at radius 2 is 1.58 bits per heavy atom. The summed E-state index contributed by atoms with van der Waals surface area (Å²) in [7, 11) is -3.61. The van der Waals surface area contributed by atoms with Crippen LogP contribution in [0.2, 0.25) is 0 Å². The van der Waals surface area contributed by atoms with Crippen molar-refractivity contribution in [1.82, 2.24) is 10.0 Å². The number of nitrogens with two attached hydrogens (primary N) is 1. The summed E-state index contributed by atoms with van der Waals surface area (Å²) in [5.41, 5.74) is 5.19. The van der Waals surface area contributed by atoms with Gasteiger partial charge in [0.05, 0.1) is 10.4 Å². The number of benzene rings is 1. The van der Waals surface area contributed by atoms with Crippen LogP contribution >= 0.6 is 0 Å². The van der Waals surface area contributed by atoms with Gasteiger partial charge in [-0.3, -0.25) is 4.79 Å². The number of rotatable bonds is 7. The number of nitrogens with one attached hydrogen (secondary N) is 2. The largest absolute Gasteiger partial charge is 0.345 e. The minimum absolute atomic E-state index is 0.130. The van der Waals surface area contributed by atoms with Gasteiger partial charge in [0, 0.05) is 17.6 Å². The molecular weight excluding hydrogens is 326 g/mol. The maximum absolute atomic E-state index is 12.4. The molecule has 1 aromatic rings. The lowest BCUT2D eigenvalue weighted by Crippen LogP contribution is -2.52. The second-order valence-corrected chi connectivity index (χ2v) is 8.71. The number of sulfonamides is 1. The van der Waals surface area contributed by atoms with Crippen LogP contribution in [0.25, 0.3) is 0 Å². The molecule has 0 saturated heterocycles. The van der Waals surface area contributed by atoms with Crippen molar-refractivity contribution in [3.8, 4) is 0 Å². The Bertz CT molecular complexity index is 649. The predicted octanol–water partition coefficient (Wildman–Crippen LogP) is 2.01. The standard InChI is InChI=1S/C17H29N3O3S/c1-6-17(7-2,12-18)19-15(21)13-8-10-14(11-9-13)24(22,23)20-16(3,4)5/h8-11,20H,6-7,12,18H2,1-5H3,(H,19,21). The fourth-order valence-electron chi connectivity index (χ4n) is 2.33. The SMILES string of the molecule is CCC(CC)(CN)NC(=O)c1ccc(S(=O)(=O)NC(C)(C)C)cc1. The fraction of sp³-hybridized carbons (Fsp3) is 0.588. The van der Waals surface area contributed by atoms with Gasteiger partial charge >= 0.3 is 0 Å². The molecule has 0 aliphatic carbocycles. The van der Waals surface area contributed by atoms with E-state index < -0.39 is 21.1 Å². The van der Waals surface area contributed by atoms with Crippen molar-refractivity contribution >= 4 is 15.9 Å². The molecular formula is C17H29N3O3S. The number of hydrogen-bond donors (Lipinski definition) is 3. The molecule has 0 fully saturated rings. The summed E-state index contributed by atoms with van der Waals surface area (Å²) in [6.07, 6.45) is 1.46. The van der Waals surface area contributed by atoms with Crippen molar-refractivity contribution in [3.63, 3.8) is 0 Å².